The van der Waals surface area contributed by atoms with Crippen molar-refractivity contribution in [2.45, 2.75) is 137 Å². The van der Waals surface area contributed by atoms with E-state index in [0.29, 0.717) is 80.9 Å². The Labute approximate surface area is 700 Å². The van der Waals surface area contributed by atoms with Crippen molar-refractivity contribution < 1.29 is 5.11 Å². The summed E-state index contributed by atoms with van der Waals surface area (Å²) in [6, 6.07) is 37.9. The molecule has 4 aliphatic heterocycles. The van der Waals surface area contributed by atoms with E-state index in [1.165, 1.54) is 16.7 Å². The van der Waals surface area contributed by atoms with Crippen LogP contribution in [0.1, 0.15) is 135 Å². The lowest BCUT2D eigenvalue weighted by atomic mass is 9.90. The topological polar surface area (TPSA) is 266 Å². The summed E-state index contributed by atoms with van der Waals surface area (Å²) in [5.41, 5.74) is 21.8. The quantitative estimate of drug-likeness (QED) is 0.109. The zero-order chi connectivity index (χ0) is 84.0. The molecule has 0 unspecified atom stereocenters. The van der Waals surface area contributed by atoms with Crippen molar-refractivity contribution in [2.75, 3.05) is 84.0 Å². The lowest BCUT2D eigenvalue weighted by molar-refractivity contribution is 0.164. The molecule has 0 amide bonds. The van der Waals surface area contributed by atoms with Gasteiger partial charge in [0.05, 0.1) is 74.9 Å². The van der Waals surface area contributed by atoms with Gasteiger partial charge in [-0.3, -0.25) is 51.1 Å². The Kier molecular flexibility index (Phi) is 23.1. The maximum atomic E-state index is 13.1. The Morgan fingerprint density at radius 2 is 0.917 bits per heavy atom. The first-order chi connectivity index (χ1) is 58.5. The molecule has 16 aromatic rings. The monoisotopic (exact) mass is 1620 g/mol. The number of aliphatic hydroxyl groups excluding tert-OH is 1. The number of aromatic nitrogens is 17. The number of piperidine rings is 4. The van der Waals surface area contributed by atoms with E-state index in [-0.39, 0.29) is 28.8 Å². The molecule has 0 aliphatic carbocycles. The van der Waals surface area contributed by atoms with Crippen molar-refractivity contribution in [3.8, 4) is 45.2 Å². The van der Waals surface area contributed by atoms with Crippen molar-refractivity contribution in [2.24, 2.45) is 14.1 Å². The summed E-state index contributed by atoms with van der Waals surface area (Å²) in [6.07, 6.45) is 26.5. The van der Waals surface area contributed by atoms with Gasteiger partial charge in [0.15, 0.2) is 0 Å². The Bertz CT molecular complexity index is 6810. The van der Waals surface area contributed by atoms with Gasteiger partial charge in [0.1, 0.15) is 33.9 Å². The van der Waals surface area contributed by atoms with Gasteiger partial charge in [-0.25, -0.2) is 29.4 Å². The molecule has 121 heavy (non-hydrogen) atoms. The summed E-state index contributed by atoms with van der Waals surface area (Å²) in [6.45, 7) is 27.0. The number of nitrogens with zero attached hydrogens (tertiary/aromatic N) is 21. The number of aliphatic hydroxyl groups is 1. The first kappa shape index (κ1) is 81.1. The van der Waals surface area contributed by atoms with Gasteiger partial charge >= 0.3 is 0 Å². The van der Waals surface area contributed by atoms with E-state index in [0.717, 1.165) is 200 Å². The van der Waals surface area contributed by atoms with Crippen LogP contribution in [-0.4, -0.2) is 192 Å². The highest BCUT2D eigenvalue weighted by Crippen LogP contribution is 2.34. The third kappa shape index (κ3) is 17.6. The minimum absolute atomic E-state index is 0.0378. The highest BCUT2D eigenvalue weighted by atomic mass is 16.3. The van der Waals surface area contributed by atoms with Crippen LogP contribution in [0.5, 0.6) is 0 Å². The molecule has 622 valence electrons. The summed E-state index contributed by atoms with van der Waals surface area (Å²) in [4.78, 5) is 89.4. The molecule has 20 rings (SSSR count). The number of aryl methyl sites for hydroxylation is 7. The molecule has 2 N–H and O–H groups in total. The fourth-order valence-electron chi connectivity index (χ4n) is 18.1. The van der Waals surface area contributed by atoms with E-state index >= 15 is 0 Å². The van der Waals surface area contributed by atoms with E-state index in [9.17, 15) is 19.2 Å². The van der Waals surface area contributed by atoms with Crippen LogP contribution in [0, 0.1) is 34.6 Å². The average molecular weight is 1620 g/mol. The second-order valence-corrected chi connectivity index (χ2v) is 33.8. The number of pyridine rings is 5. The van der Waals surface area contributed by atoms with Crippen molar-refractivity contribution in [3.05, 3.63) is 257 Å². The minimum Gasteiger partial charge on any atom is -0.395 e. The molecule has 0 spiro atoms. The number of nitrogens with one attached hydrogen (secondary N) is 1. The van der Waals surface area contributed by atoms with Crippen LogP contribution in [0.2, 0.25) is 0 Å². The summed E-state index contributed by atoms with van der Waals surface area (Å²) < 4.78 is 14.1. The molecule has 0 bridgehead atoms. The molecule has 14 aromatic heterocycles. The van der Waals surface area contributed by atoms with Crippen LogP contribution in [0.15, 0.2) is 190 Å². The summed E-state index contributed by atoms with van der Waals surface area (Å²) in [7, 11) is 5.97. The lowest BCUT2D eigenvalue weighted by Gasteiger charge is -2.35. The van der Waals surface area contributed by atoms with Gasteiger partial charge in [-0.2, -0.15) is 15.3 Å². The third-order valence-corrected chi connectivity index (χ3v) is 24.6. The van der Waals surface area contributed by atoms with Crippen molar-refractivity contribution in [1.29, 1.82) is 0 Å². The van der Waals surface area contributed by atoms with Crippen molar-refractivity contribution in [3.63, 3.8) is 0 Å². The molecular formula is C94H106N22O5. The largest absolute Gasteiger partial charge is 0.395 e. The minimum atomic E-state index is -0.0978. The van der Waals surface area contributed by atoms with Gasteiger partial charge in [-0.1, -0.05) is 51.1 Å². The van der Waals surface area contributed by atoms with Crippen molar-refractivity contribution in [1.82, 2.24) is 101 Å². The molecule has 27 nitrogen and oxygen atoms in total. The highest BCUT2D eigenvalue weighted by Gasteiger charge is 2.27. The Balaban J connectivity index is 0.000000115. The molecule has 4 saturated heterocycles. The van der Waals surface area contributed by atoms with Gasteiger partial charge in [0, 0.05) is 147 Å². The van der Waals surface area contributed by atoms with Crippen LogP contribution in [0.3, 0.4) is 0 Å². The summed E-state index contributed by atoms with van der Waals surface area (Å²) in [5.74, 6) is 1.46. The van der Waals surface area contributed by atoms with Crippen LogP contribution in [-0.2, 0) is 14.1 Å². The van der Waals surface area contributed by atoms with Gasteiger partial charge in [0.25, 0.3) is 22.2 Å². The van der Waals surface area contributed by atoms with Crippen molar-refractivity contribution >= 4 is 61.2 Å². The highest BCUT2D eigenvalue weighted by molar-refractivity contribution is 5.85. The molecule has 18 heterocycles. The van der Waals surface area contributed by atoms with E-state index in [1.54, 1.807) is 51.2 Å². The molecule has 0 radical (unpaired) electrons. The fraction of sp³-hybridized carbons (Fsp3) is 0.372. The smallest absolute Gasteiger partial charge is 0.258 e. The van der Waals surface area contributed by atoms with Crippen LogP contribution in [0.4, 0.5) is 5.69 Å². The molecule has 4 aliphatic rings. The Morgan fingerprint density at radius 3 is 1.44 bits per heavy atom. The van der Waals surface area contributed by atoms with E-state index in [2.05, 4.69) is 102 Å². The third-order valence-electron chi connectivity index (χ3n) is 24.6. The summed E-state index contributed by atoms with van der Waals surface area (Å²) in [5, 5.41) is 28.3. The molecule has 0 atom stereocenters. The zero-order valence-corrected chi connectivity index (χ0v) is 71.0. The van der Waals surface area contributed by atoms with Gasteiger partial charge in [-0.15, -0.1) is 0 Å². The van der Waals surface area contributed by atoms with Crippen LogP contribution in [0.25, 0.3) is 101 Å². The maximum absolute atomic E-state index is 13.1. The number of hydrogen-bond donors (Lipinski definition) is 2. The van der Waals surface area contributed by atoms with E-state index < -0.39 is 0 Å². The van der Waals surface area contributed by atoms with E-state index in [1.807, 2.05) is 180 Å². The first-order valence-electron chi connectivity index (χ1n) is 42.5. The molecule has 0 saturated carbocycles. The predicted octanol–water partition coefficient (Wildman–Crippen LogP) is 12.6. The van der Waals surface area contributed by atoms with E-state index in [4.69, 9.17) is 25.0 Å². The maximum Gasteiger partial charge on any atom is 0.258 e. The molecule has 27 heteroatoms. The number of fused-ring (bicyclic) bond motifs is 8. The fourth-order valence-corrected chi connectivity index (χ4v) is 18.1. The van der Waals surface area contributed by atoms with Crippen LogP contribution < -0.4 is 32.5 Å². The number of β-amino-alcohol motifs (C(OH)–C–C–N with tert-alkyl or cyclic N) is 1. The predicted molar refractivity (Wildman–Crippen MR) is 478 cm³/mol. The Hall–Kier alpha value is -12.3. The number of imidazole rings is 1. The van der Waals surface area contributed by atoms with Gasteiger partial charge in [-0.05, 0) is 245 Å². The lowest BCUT2D eigenvalue weighted by Crippen LogP contribution is -2.44. The average Bonchev–Trinajstić information content (AvgIpc) is 1.75. The van der Waals surface area contributed by atoms with Gasteiger partial charge in [0.2, 0.25) is 0 Å². The second kappa shape index (κ2) is 34.5. The Morgan fingerprint density at radius 1 is 0.430 bits per heavy atom. The van der Waals surface area contributed by atoms with Crippen LogP contribution >= 0.6 is 0 Å². The molecular weight excluding hydrogens is 1520 g/mol. The second-order valence-electron chi connectivity index (χ2n) is 33.8. The zero-order valence-electron chi connectivity index (χ0n) is 71.0. The molecule has 2 aromatic carbocycles. The normalized spacial score (nSPS) is 15.8. The SMILES string of the molecule is CCN1CCC(c2ccc3nc(-c4ccc5nn(C)cc5c4)cc(=O)n3c2)CC1.Cc1cn2cc(-c3cc(=O)n4cc(C5CCN(C)CC5)ccc4n3)cc(C)c2n1.Cc1cn2nc(-c3cc(=O)n4cc(N5CCC(NC(C)C)CC5)cc(C)c4n3)cc2c(C)n1.Cn1cc2cc(-c3cc(=O)n4cc(C5CCN(CCO)CC5)ccc4n3)ccc2n1. The number of hydrogen-bond acceptors (Lipinski definition) is 19. The number of benzene rings is 2. The summed E-state index contributed by atoms with van der Waals surface area (Å²) >= 11 is 0. The molecule has 4 fully saturated rings. The van der Waals surface area contributed by atoms with Gasteiger partial charge < -0.3 is 34.4 Å². The first-order valence-corrected chi connectivity index (χ1v) is 42.5. The number of rotatable bonds is 13. The number of likely N-dealkylation sites (tertiary alicyclic amines) is 3. The number of anilines is 1. The standard InChI is InChI=1S/C25H31N7O.C23H25N5O2.2C23H25N5O/c1-15(2)26-19-6-8-30(9-7-19)20-10-16(3)25-28-21(12-24(33)31(25)14-20)22-11-23-18(5)27-17(4)13-32(23)29-22;1-26-14-19-12-17(2-4-20(19)25-26)21-13-23(30)28-15-18(3-5-22(28)24-21)16-6-8-27(9-7-16)10-11-29;1-15-10-19(13-27-12-16(2)24-23(15)27)20-11-22(29)28-14-18(4-5-21(28)25-20)17-6-8-26(3)9-7-17;1-3-27-10-8-16(9-11-27)18-5-7-22-24-21(13-23(29)28(22)15-18)17-4-6-20-19(12-17)14-26(2)25-20/h10-15,19,26H,6-9H2,1-5H3;2-5,12-16,29H,6-11H2,1H3;4-5,10-14,17H,6-9H2,1-3H3;4-7,12-16H,3,8-11H2,1-2H3.